The summed E-state index contributed by atoms with van der Waals surface area (Å²) in [6, 6.07) is 0. The highest BCUT2D eigenvalue weighted by Gasteiger charge is 1.92. The predicted octanol–water partition coefficient (Wildman–Crippen LogP) is 0.550. The van der Waals surface area contributed by atoms with Crippen molar-refractivity contribution in [2.75, 3.05) is 19.8 Å². The van der Waals surface area contributed by atoms with Crippen LogP contribution in [0.2, 0.25) is 0 Å². The number of amides is 1. The third-order valence-electron chi connectivity index (χ3n) is 1.02. The van der Waals surface area contributed by atoms with Crippen molar-refractivity contribution in [2.45, 2.75) is 6.92 Å². The molecule has 92 valence electrons. The first-order valence-corrected chi connectivity index (χ1v) is 4.63. The first-order chi connectivity index (χ1) is 7.62. The normalized spacial score (nSPS) is 7.88. The number of ether oxygens (including phenoxy) is 2. The molecule has 0 spiro atoms. The van der Waals surface area contributed by atoms with Gasteiger partial charge in [0, 0.05) is 0 Å². The predicted molar refractivity (Wildman–Crippen MR) is 60.6 cm³/mol. The summed E-state index contributed by atoms with van der Waals surface area (Å²) < 4.78 is 8.92. The van der Waals surface area contributed by atoms with Gasteiger partial charge in [0.05, 0.1) is 13.2 Å². The zero-order chi connectivity index (χ0) is 12.8. The summed E-state index contributed by atoms with van der Waals surface area (Å²) in [6.07, 6.45) is 2.31. The number of hydrogen-bond donors (Lipinski definition) is 2. The highest BCUT2D eigenvalue weighted by atomic mass is 16.5. The van der Waals surface area contributed by atoms with Crippen molar-refractivity contribution >= 4 is 12.1 Å². The molecule has 16 heavy (non-hydrogen) atoms. The van der Waals surface area contributed by atoms with E-state index in [1.807, 2.05) is 0 Å². The van der Waals surface area contributed by atoms with Crippen molar-refractivity contribution in [3.8, 4) is 0 Å². The van der Waals surface area contributed by atoms with Crippen LogP contribution < -0.4 is 11.1 Å². The molecular formula is C10H18N2O4. The van der Waals surface area contributed by atoms with Crippen LogP contribution in [0.1, 0.15) is 6.92 Å². The van der Waals surface area contributed by atoms with Crippen LogP contribution in [0.5, 0.6) is 0 Å². The number of rotatable bonds is 5. The molecule has 0 aliphatic carbocycles. The Morgan fingerprint density at radius 1 is 1.38 bits per heavy atom. The molecule has 0 radical (unpaired) electrons. The molecular weight excluding hydrogens is 212 g/mol. The number of esters is 1. The largest absolute Gasteiger partial charge is 0.461 e. The van der Waals surface area contributed by atoms with E-state index < -0.39 is 12.1 Å². The van der Waals surface area contributed by atoms with Gasteiger partial charge in [0.1, 0.15) is 6.61 Å². The molecule has 0 saturated heterocycles. The summed E-state index contributed by atoms with van der Waals surface area (Å²) in [5, 5.41) is 2.25. The molecule has 1 amide bonds. The lowest BCUT2D eigenvalue weighted by Crippen LogP contribution is -2.17. The monoisotopic (exact) mass is 230 g/mol. The van der Waals surface area contributed by atoms with Crippen LogP contribution in [0.15, 0.2) is 25.4 Å². The summed E-state index contributed by atoms with van der Waals surface area (Å²) in [5.74, 6) is -0.398. The number of hydrogen-bond acceptors (Lipinski definition) is 5. The molecule has 6 nitrogen and oxygen atoms in total. The molecule has 0 aromatic rings. The van der Waals surface area contributed by atoms with Gasteiger partial charge < -0.3 is 15.2 Å². The number of carbonyl (C=O) groups excluding carboxylic acids is 2. The van der Waals surface area contributed by atoms with Gasteiger partial charge in [0.15, 0.2) is 0 Å². The number of nitrogens with two attached hydrogens (primary N) is 1. The van der Waals surface area contributed by atoms with Gasteiger partial charge in [-0.3, -0.25) is 10.1 Å². The van der Waals surface area contributed by atoms with Gasteiger partial charge >= 0.3 is 12.1 Å². The van der Waals surface area contributed by atoms with Gasteiger partial charge in [-0.25, -0.2) is 4.79 Å². The topological polar surface area (TPSA) is 90.6 Å². The lowest BCUT2D eigenvalue weighted by molar-refractivity contribution is -0.140. The summed E-state index contributed by atoms with van der Waals surface area (Å²) >= 11 is 0. The van der Waals surface area contributed by atoms with E-state index in [2.05, 4.69) is 27.9 Å². The van der Waals surface area contributed by atoms with Crippen molar-refractivity contribution in [3.05, 3.63) is 25.4 Å². The van der Waals surface area contributed by atoms with E-state index in [-0.39, 0.29) is 13.2 Å². The smallest absolute Gasteiger partial charge is 0.411 e. The van der Waals surface area contributed by atoms with Gasteiger partial charge in [0.2, 0.25) is 0 Å². The van der Waals surface area contributed by atoms with Crippen LogP contribution in [0, 0.1) is 0 Å². The zero-order valence-corrected chi connectivity index (χ0v) is 9.40. The van der Waals surface area contributed by atoms with E-state index in [1.165, 1.54) is 12.3 Å². The highest BCUT2D eigenvalue weighted by molar-refractivity contribution is 5.71. The average molecular weight is 230 g/mol. The Hall–Kier alpha value is -1.82. The number of carbonyl (C=O) groups is 2. The maximum Gasteiger partial charge on any atom is 0.411 e. The minimum atomic E-state index is -0.456. The molecule has 0 aromatic heterocycles. The lowest BCUT2D eigenvalue weighted by atomic mass is 10.6. The summed E-state index contributed by atoms with van der Waals surface area (Å²) in [5.41, 5.74) is 4.90. The van der Waals surface area contributed by atoms with Crippen molar-refractivity contribution in [1.82, 2.24) is 5.32 Å². The minimum Gasteiger partial charge on any atom is -0.461 e. The van der Waals surface area contributed by atoms with E-state index in [4.69, 9.17) is 5.73 Å². The zero-order valence-electron chi connectivity index (χ0n) is 9.40. The third-order valence-corrected chi connectivity index (χ3v) is 1.02. The molecule has 0 aliphatic rings. The Labute approximate surface area is 95.1 Å². The maximum absolute atomic E-state index is 10.2. The lowest BCUT2D eigenvalue weighted by Gasteiger charge is -1.96. The fraction of sp³-hybridized carbons (Fsp3) is 0.400. The molecule has 0 rings (SSSR count). The van der Waals surface area contributed by atoms with Crippen molar-refractivity contribution in [1.29, 1.82) is 0 Å². The first-order valence-electron chi connectivity index (χ1n) is 4.63. The van der Waals surface area contributed by atoms with Crippen LogP contribution in [0.25, 0.3) is 0 Å². The fourth-order valence-corrected chi connectivity index (χ4v) is 0.467. The van der Waals surface area contributed by atoms with Crippen LogP contribution in [-0.2, 0) is 14.3 Å². The molecule has 0 saturated carbocycles. The Morgan fingerprint density at radius 3 is 2.38 bits per heavy atom. The second-order valence-electron chi connectivity index (χ2n) is 2.24. The molecule has 0 unspecified atom stereocenters. The molecule has 0 aromatic carbocycles. The Kier molecular flexibility index (Phi) is 13.7. The van der Waals surface area contributed by atoms with Gasteiger partial charge in [-0.15, -0.1) is 0 Å². The Balaban J connectivity index is 0. The van der Waals surface area contributed by atoms with Crippen molar-refractivity contribution in [3.63, 3.8) is 0 Å². The van der Waals surface area contributed by atoms with E-state index in [9.17, 15) is 9.59 Å². The molecule has 0 atom stereocenters. The standard InChI is InChI=1S/2C5H9NO2/c1-3-6-5(7)8-4-2;1-2-3-8-5(7)4-6/h3H,1,4H2,2H3,(H,6,7);2H,1,3-4,6H2. The minimum absolute atomic E-state index is 0.0617. The van der Waals surface area contributed by atoms with E-state index >= 15 is 0 Å². The SMILES string of the molecule is C=CCOC(=O)CN.C=CNC(=O)OCC. The average Bonchev–Trinajstić information content (AvgIpc) is 2.27. The van der Waals surface area contributed by atoms with Crippen LogP contribution in [0.4, 0.5) is 4.79 Å². The molecule has 0 heterocycles. The van der Waals surface area contributed by atoms with Crippen LogP contribution in [-0.4, -0.2) is 31.8 Å². The third kappa shape index (κ3) is 14.7. The fourth-order valence-electron chi connectivity index (χ4n) is 0.467. The van der Waals surface area contributed by atoms with Crippen molar-refractivity contribution < 1.29 is 19.1 Å². The van der Waals surface area contributed by atoms with Gasteiger partial charge in [-0.2, -0.15) is 0 Å². The highest BCUT2D eigenvalue weighted by Crippen LogP contribution is 1.73. The molecule has 0 bridgehead atoms. The summed E-state index contributed by atoms with van der Waals surface area (Å²) in [6.45, 7) is 8.93. The molecule has 3 N–H and O–H groups in total. The van der Waals surface area contributed by atoms with Crippen LogP contribution in [0.3, 0.4) is 0 Å². The Bertz CT molecular complexity index is 229. The molecule has 0 fully saturated rings. The second kappa shape index (κ2) is 13.2. The quantitative estimate of drug-likeness (QED) is 0.531. The van der Waals surface area contributed by atoms with Gasteiger partial charge in [-0.1, -0.05) is 19.2 Å². The van der Waals surface area contributed by atoms with Crippen LogP contribution >= 0.6 is 0 Å². The van der Waals surface area contributed by atoms with E-state index in [0.29, 0.717) is 6.61 Å². The second-order valence-corrected chi connectivity index (χ2v) is 2.24. The first kappa shape index (κ1) is 16.6. The molecule has 0 aliphatic heterocycles. The van der Waals surface area contributed by atoms with Crippen molar-refractivity contribution in [2.24, 2.45) is 5.73 Å². The summed E-state index contributed by atoms with van der Waals surface area (Å²) in [7, 11) is 0. The molecule has 6 heteroatoms. The number of alkyl carbamates (subject to hydrolysis) is 1. The van der Waals surface area contributed by atoms with Gasteiger partial charge in [-0.05, 0) is 13.1 Å². The number of nitrogens with one attached hydrogen (secondary N) is 1. The Morgan fingerprint density at radius 2 is 2.00 bits per heavy atom. The van der Waals surface area contributed by atoms with E-state index in [0.717, 1.165) is 0 Å². The maximum atomic E-state index is 10.2. The van der Waals surface area contributed by atoms with Gasteiger partial charge in [0.25, 0.3) is 0 Å². The summed E-state index contributed by atoms with van der Waals surface area (Å²) in [4.78, 5) is 20.4. The van der Waals surface area contributed by atoms with E-state index in [1.54, 1.807) is 6.92 Å².